The van der Waals surface area contributed by atoms with Gasteiger partial charge in [-0.15, -0.1) is 0 Å². The third-order valence-electron chi connectivity index (χ3n) is 1.38. The largest absolute Gasteiger partial charge is 0.429 e. The first-order chi connectivity index (χ1) is 6.27. The molecule has 0 amide bonds. The van der Waals surface area contributed by atoms with Crippen molar-refractivity contribution in [3.63, 3.8) is 0 Å². The quantitative estimate of drug-likeness (QED) is 0.534. The van der Waals surface area contributed by atoms with Crippen molar-refractivity contribution in [1.29, 1.82) is 0 Å². The molecule has 0 aliphatic heterocycles. The standard InChI is InChI=1S/C8H7NO4/c9-13-8(11)6-1-3-7(4-2-6)12-5-10/h1-5H,9H2. The maximum Gasteiger partial charge on any atom is 0.356 e. The highest BCUT2D eigenvalue weighted by atomic mass is 16.7. The molecule has 1 aromatic carbocycles. The number of hydrogen-bond acceptors (Lipinski definition) is 5. The van der Waals surface area contributed by atoms with E-state index < -0.39 is 5.97 Å². The Bertz CT molecular complexity index is 306. The second-order valence-electron chi connectivity index (χ2n) is 2.14. The fraction of sp³-hybridized carbons (Fsp3) is 0. The van der Waals surface area contributed by atoms with Gasteiger partial charge >= 0.3 is 5.97 Å². The number of carbonyl (C=O) groups excluding carboxylic acids is 2. The molecule has 0 bridgehead atoms. The first-order valence-electron chi connectivity index (χ1n) is 3.39. The first kappa shape index (κ1) is 9.21. The van der Waals surface area contributed by atoms with E-state index in [4.69, 9.17) is 0 Å². The first-order valence-corrected chi connectivity index (χ1v) is 3.39. The maximum atomic E-state index is 10.8. The summed E-state index contributed by atoms with van der Waals surface area (Å²) < 4.78 is 4.51. The zero-order chi connectivity index (χ0) is 9.68. The zero-order valence-electron chi connectivity index (χ0n) is 6.60. The van der Waals surface area contributed by atoms with E-state index in [1.54, 1.807) is 0 Å². The van der Waals surface area contributed by atoms with Crippen molar-refractivity contribution < 1.29 is 19.2 Å². The third kappa shape index (κ3) is 2.28. The van der Waals surface area contributed by atoms with Crippen LogP contribution in [0.25, 0.3) is 0 Å². The van der Waals surface area contributed by atoms with Gasteiger partial charge < -0.3 is 9.57 Å². The predicted octanol–water partition coefficient (Wildman–Crippen LogP) is 0.252. The van der Waals surface area contributed by atoms with Crippen LogP contribution in [0.4, 0.5) is 0 Å². The molecular weight excluding hydrogens is 174 g/mol. The number of benzene rings is 1. The second-order valence-corrected chi connectivity index (χ2v) is 2.14. The summed E-state index contributed by atoms with van der Waals surface area (Å²) in [5.74, 6) is 4.37. The minimum atomic E-state index is -0.641. The van der Waals surface area contributed by atoms with Crippen LogP contribution < -0.4 is 10.6 Å². The van der Waals surface area contributed by atoms with Crippen molar-refractivity contribution in [2.75, 3.05) is 0 Å². The van der Waals surface area contributed by atoms with Crippen molar-refractivity contribution in [2.45, 2.75) is 0 Å². The van der Waals surface area contributed by atoms with Crippen LogP contribution in [0.15, 0.2) is 24.3 Å². The van der Waals surface area contributed by atoms with Crippen molar-refractivity contribution in [3.05, 3.63) is 29.8 Å². The fourth-order valence-corrected chi connectivity index (χ4v) is 0.793. The normalized spacial score (nSPS) is 9.00. The molecule has 0 spiro atoms. The molecule has 68 valence electrons. The Morgan fingerprint density at radius 2 is 1.92 bits per heavy atom. The molecule has 0 aliphatic rings. The average Bonchev–Trinajstić information content (AvgIpc) is 2.18. The second kappa shape index (κ2) is 4.22. The molecule has 5 heteroatoms. The molecule has 0 unspecified atom stereocenters. The van der Waals surface area contributed by atoms with Crippen LogP contribution in [0.3, 0.4) is 0 Å². The predicted molar refractivity (Wildman–Crippen MR) is 42.7 cm³/mol. The van der Waals surface area contributed by atoms with E-state index in [9.17, 15) is 9.59 Å². The van der Waals surface area contributed by atoms with Gasteiger partial charge in [-0.05, 0) is 24.3 Å². The Hall–Kier alpha value is -1.88. The lowest BCUT2D eigenvalue weighted by Crippen LogP contribution is -2.09. The number of rotatable bonds is 3. The SMILES string of the molecule is NOC(=O)c1ccc(OC=O)cc1. The molecule has 0 aliphatic carbocycles. The van der Waals surface area contributed by atoms with E-state index in [1.165, 1.54) is 24.3 Å². The van der Waals surface area contributed by atoms with Crippen LogP contribution in [-0.2, 0) is 9.63 Å². The highest BCUT2D eigenvalue weighted by Crippen LogP contribution is 2.11. The summed E-state index contributed by atoms with van der Waals surface area (Å²) in [7, 11) is 0. The molecule has 13 heavy (non-hydrogen) atoms. The van der Waals surface area contributed by atoms with Gasteiger partial charge in [-0.3, -0.25) is 4.79 Å². The van der Waals surface area contributed by atoms with Crippen LogP contribution in [0.1, 0.15) is 10.4 Å². The monoisotopic (exact) mass is 181 g/mol. The van der Waals surface area contributed by atoms with Gasteiger partial charge in [0.25, 0.3) is 6.47 Å². The third-order valence-corrected chi connectivity index (χ3v) is 1.38. The molecule has 0 atom stereocenters. The molecule has 1 aromatic rings. The summed E-state index contributed by atoms with van der Waals surface area (Å²) in [6, 6.07) is 5.80. The molecule has 0 aromatic heterocycles. The van der Waals surface area contributed by atoms with Gasteiger partial charge in [0.2, 0.25) is 0 Å². The molecule has 2 N–H and O–H groups in total. The molecular formula is C8H7NO4. The molecule has 0 heterocycles. The van der Waals surface area contributed by atoms with Crippen molar-refractivity contribution in [3.8, 4) is 5.75 Å². The zero-order valence-corrected chi connectivity index (χ0v) is 6.60. The molecule has 1 rings (SSSR count). The van der Waals surface area contributed by atoms with Gasteiger partial charge in [-0.1, -0.05) is 0 Å². The van der Waals surface area contributed by atoms with Crippen LogP contribution in [0.2, 0.25) is 0 Å². The summed E-state index contributed by atoms with van der Waals surface area (Å²) in [4.78, 5) is 24.7. The van der Waals surface area contributed by atoms with E-state index in [0.29, 0.717) is 17.8 Å². The van der Waals surface area contributed by atoms with E-state index >= 15 is 0 Å². The van der Waals surface area contributed by atoms with Gasteiger partial charge in [-0.25, -0.2) is 4.79 Å². The van der Waals surface area contributed by atoms with Crippen LogP contribution in [-0.4, -0.2) is 12.4 Å². The molecule has 0 saturated carbocycles. The highest BCUT2D eigenvalue weighted by Gasteiger charge is 2.04. The van der Waals surface area contributed by atoms with Gasteiger partial charge in [0.1, 0.15) is 5.75 Å². The van der Waals surface area contributed by atoms with Crippen LogP contribution >= 0.6 is 0 Å². The minimum absolute atomic E-state index is 0.292. The Labute approximate surface area is 74.0 Å². The lowest BCUT2D eigenvalue weighted by atomic mass is 10.2. The van der Waals surface area contributed by atoms with Crippen molar-refractivity contribution in [1.82, 2.24) is 0 Å². The van der Waals surface area contributed by atoms with E-state index in [-0.39, 0.29) is 0 Å². The van der Waals surface area contributed by atoms with Crippen LogP contribution in [0.5, 0.6) is 5.75 Å². The Kier molecular flexibility index (Phi) is 2.99. The van der Waals surface area contributed by atoms with Gasteiger partial charge in [0, 0.05) is 0 Å². The molecule has 0 radical (unpaired) electrons. The fourth-order valence-electron chi connectivity index (χ4n) is 0.793. The minimum Gasteiger partial charge on any atom is -0.429 e. The van der Waals surface area contributed by atoms with E-state index in [1.807, 2.05) is 0 Å². The summed E-state index contributed by atoms with van der Waals surface area (Å²) in [5, 5.41) is 0. The number of hydrogen-bond donors (Lipinski definition) is 1. The van der Waals surface area contributed by atoms with Gasteiger partial charge in [0.15, 0.2) is 0 Å². The maximum absolute atomic E-state index is 10.8. The lowest BCUT2D eigenvalue weighted by molar-refractivity contribution is -0.120. The number of nitrogens with two attached hydrogens (primary N) is 1. The van der Waals surface area contributed by atoms with E-state index in [0.717, 1.165) is 0 Å². The smallest absolute Gasteiger partial charge is 0.356 e. The summed E-state index contributed by atoms with van der Waals surface area (Å²) >= 11 is 0. The average molecular weight is 181 g/mol. The lowest BCUT2D eigenvalue weighted by Gasteiger charge is -1.99. The van der Waals surface area contributed by atoms with Crippen LogP contribution in [0, 0.1) is 0 Å². The highest BCUT2D eigenvalue weighted by molar-refractivity contribution is 5.89. The number of ether oxygens (including phenoxy) is 1. The van der Waals surface area contributed by atoms with Gasteiger partial charge in [0.05, 0.1) is 5.56 Å². The topological polar surface area (TPSA) is 78.6 Å². The summed E-state index contributed by atoms with van der Waals surface area (Å²) in [6.07, 6.45) is 0. The Morgan fingerprint density at radius 3 is 2.38 bits per heavy atom. The Balaban J connectivity index is 2.80. The molecule has 0 saturated heterocycles. The van der Waals surface area contributed by atoms with Crippen molar-refractivity contribution >= 4 is 12.4 Å². The molecule has 0 fully saturated rings. The number of carbonyl (C=O) groups is 2. The van der Waals surface area contributed by atoms with Gasteiger partial charge in [-0.2, -0.15) is 5.90 Å². The van der Waals surface area contributed by atoms with Crippen molar-refractivity contribution in [2.24, 2.45) is 5.90 Å². The molecule has 5 nitrogen and oxygen atoms in total. The summed E-state index contributed by atoms with van der Waals surface area (Å²) in [6.45, 7) is 0.302. The Morgan fingerprint density at radius 1 is 1.31 bits per heavy atom. The summed E-state index contributed by atoms with van der Waals surface area (Å²) in [5.41, 5.74) is 0.292. The van der Waals surface area contributed by atoms with E-state index in [2.05, 4.69) is 15.5 Å².